The molecule has 6 nitrogen and oxygen atoms in total. The van der Waals surface area contributed by atoms with Gasteiger partial charge in [-0.1, -0.05) is 162 Å². The Morgan fingerprint density at radius 3 is 1.34 bits per heavy atom. The fourth-order valence-corrected chi connectivity index (χ4v) is 5.44. The first-order valence-corrected chi connectivity index (χ1v) is 17.9. The van der Waals surface area contributed by atoms with E-state index < -0.39 is 12.7 Å². The summed E-state index contributed by atoms with van der Waals surface area (Å²) in [4.78, 5) is 26.6. The van der Waals surface area contributed by atoms with Gasteiger partial charge in [0, 0.05) is 19.5 Å². The van der Waals surface area contributed by atoms with Crippen LogP contribution >= 0.6 is 0 Å². The van der Waals surface area contributed by atoms with Crippen LogP contribution < -0.4 is 5.32 Å². The highest BCUT2D eigenvalue weighted by atomic mass is 16.3. The molecule has 41 heavy (non-hydrogen) atoms. The maximum absolute atomic E-state index is 12.8. The Labute approximate surface area is 254 Å². The van der Waals surface area contributed by atoms with E-state index in [2.05, 4.69) is 19.2 Å². The summed E-state index contributed by atoms with van der Waals surface area (Å²) in [6, 6.07) is 0. The van der Waals surface area contributed by atoms with Gasteiger partial charge in [-0.3, -0.25) is 9.59 Å². The maximum atomic E-state index is 12.8. The number of amides is 2. The van der Waals surface area contributed by atoms with Crippen molar-refractivity contribution in [2.45, 2.75) is 187 Å². The molecule has 0 heterocycles. The molecule has 0 spiro atoms. The molecule has 0 aliphatic heterocycles. The van der Waals surface area contributed by atoms with E-state index >= 15 is 0 Å². The lowest BCUT2D eigenvalue weighted by atomic mass is 10.0. The molecule has 1 atom stereocenters. The topological polar surface area (TPSA) is 89.9 Å². The van der Waals surface area contributed by atoms with Crippen molar-refractivity contribution < 1.29 is 19.8 Å². The zero-order chi connectivity index (χ0) is 30.2. The lowest BCUT2D eigenvalue weighted by molar-refractivity contribution is -0.137. The Hall–Kier alpha value is -1.14. The number of unbranched alkanes of at least 4 members (excludes halogenated alkanes) is 23. The average molecular weight is 583 g/mol. The van der Waals surface area contributed by atoms with Crippen LogP contribution in [0.25, 0.3) is 0 Å². The van der Waals surface area contributed by atoms with E-state index in [1.165, 1.54) is 133 Å². The molecule has 244 valence electrons. The summed E-state index contributed by atoms with van der Waals surface area (Å²) in [6.45, 7) is 4.67. The van der Waals surface area contributed by atoms with Crippen molar-refractivity contribution in [2.24, 2.45) is 0 Å². The predicted molar refractivity (Wildman–Crippen MR) is 174 cm³/mol. The number of hydrogen-bond acceptors (Lipinski definition) is 4. The summed E-state index contributed by atoms with van der Waals surface area (Å²) in [7, 11) is 0. The van der Waals surface area contributed by atoms with E-state index in [0.29, 0.717) is 13.0 Å². The molecule has 0 radical (unpaired) electrons. The van der Waals surface area contributed by atoms with Crippen LogP contribution in [0.1, 0.15) is 181 Å². The number of nitrogens with one attached hydrogen (secondary N) is 1. The average Bonchev–Trinajstić information content (AvgIpc) is 2.97. The molecule has 0 aromatic heterocycles. The number of aliphatic hydroxyl groups excluding tert-OH is 2. The van der Waals surface area contributed by atoms with Gasteiger partial charge >= 0.3 is 0 Å². The Kier molecular flexibility index (Phi) is 30.9. The number of hydrogen-bond donors (Lipinski definition) is 3. The SMILES string of the molecule is CCCCCCCCCCCCCCCCCC(=O)N(CC(=O)NCCCCCCCCCCCC)CC(O)CO. The third kappa shape index (κ3) is 28.7. The smallest absolute Gasteiger partial charge is 0.239 e. The normalized spacial score (nSPS) is 12.0. The molecule has 0 aromatic rings. The molecule has 6 heteroatoms. The second kappa shape index (κ2) is 31.8. The summed E-state index contributed by atoms with van der Waals surface area (Å²) in [6.07, 6.45) is 31.1. The summed E-state index contributed by atoms with van der Waals surface area (Å²) in [5.74, 6) is -0.294. The Balaban J connectivity index is 3.88. The van der Waals surface area contributed by atoms with Crippen LogP contribution in [0.15, 0.2) is 0 Å². The van der Waals surface area contributed by atoms with Crippen LogP contribution in [-0.4, -0.2) is 59.3 Å². The maximum Gasteiger partial charge on any atom is 0.239 e. The van der Waals surface area contributed by atoms with Gasteiger partial charge in [0.2, 0.25) is 11.8 Å². The van der Waals surface area contributed by atoms with Gasteiger partial charge in [0.1, 0.15) is 0 Å². The van der Waals surface area contributed by atoms with Crippen LogP contribution in [0.3, 0.4) is 0 Å². The third-order valence-corrected chi connectivity index (χ3v) is 8.18. The second-order valence-electron chi connectivity index (χ2n) is 12.3. The predicted octanol–water partition coefficient (Wildman–Crippen LogP) is 8.47. The molecular weight excluding hydrogens is 512 g/mol. The van der Waals surface area contributed by atoms with Gasteiger partial charge in [0.05, 0.1) is 19.3 Å². The highest BCUT2D eigenvalue weighted by Gasteiger charge is 2.19. The molecule has 0 aliphatic carbocycles. The largest absolute Gasteiger partial charge is 0.394 e. The molecule has 0 saturated carbocycles. The quantitative estimate of drug-likeness (QED) is 0.0694. The highest BCUT2D eigenvalue weighted by Crippen LogP contribution is 2.14. The standard InChI is InChI=1S/C35H70N2O4/c1-3-5-7-9-11-13-15-16-17-18-19-20-22-24-26-28-35(41)37(30-33(39)32-38)31-34(40)36-29-27-25-23-21-14-12-10-8-6-4-2/h33,38-39H,3-32H2,1-2H3,(H,36,40). The lowest BCUT2D eigenvalue weighted by Gasteiger charge is -2.24. The van der Waals surface area contributed by atoms with Crippen molar-refractivity contribution >= 4 is 11.8 Å². The molecule has 0 aliphatic rings. The molecule has 2 amide bonds. The summed E-state index contributed by atoms with van der Waals surface area (Å²) >= 11 is 0. The van der Waals surface area contributed by atoms with Gasteiger partial charge in [0.25, 0.3) is 0 Å². The van der Waals surface area contributed by atoms with Crippen LogP contribution in [0, 0.1) is 0 Å². The van der Waals surface area contributed by atoms with Crippen molar-refractivity contribution in [3.05, 3.63) is 0 Å². The van der Waals surface area contributed by atoms with Crippen molar-refractivity contribution in [1.29, 1.82) is 0 Å². The molecule has 0 aromatic carbocycles. The van der Waals surface area contributed by atoms with Crippen LogP contribution in [-0.2, 0) is 9.59 Å². The first-order valence-electron chi connectivity index (χ1n) is 17.9. The number of rotatable bonds is 32. The minimum Gasteiger partial charge on any atom is -0.394 e. The zero-order valence-corrected chi connectivity index (χ0v) is 27.4. The van der Waals surface area contributed by atoms with E-state index in [-0.39, 0.29) is 24.9 Å². The van der Waals surface area contributed by atoms with Crippen molar-refractivity contribution in [2.75, 3.05) is 26.2 Å². The molecule has 0 bridgehead atoms. The monoisotopic (exact) mass is 583 g/mol. The van der Waals surface area contributed by atoms with E-state index in [1.807, 2.05) is 0 Å². The van der Waals surface area contributed by atoms with Crippen molar-refractivity contribution in [1.82, 2.24) is 10.2 Å². The fraction of sp³-hybridized carbons (Fsp3) is 0.943. The number of carbonyl (C=O) groups excluding carboxylic acids is 2. The molecule has 3 N–H and O–H groups in total. The van der Waals surface area contributed by atoms with Gasteiger partial charge in [-0.05, 0) is 12.8 Å². The van der Waals surface area contributed by atoms with E-state index in [0.717, 1.165) is 32.1 Å². The van der Waals surface area contributed by atoms with Gasteiger partial charge in [-0.2, -0.15) is 0 Å². The second-order valence-corrected chi connectivity index (χ2v) is 12.3. The molecule has 0 saturated heterocycles. The highest BCUT2D eigenvalue weighted by molar-refractivity contribution is 5.84. The van der Waals surface area contributed by atoms with Crippen LogP contribution in [0.4, 0.5) is 0 Å². The van der Waals surface area contributed by atoms with Crippen molar-refractivity contribution in [3.63, 3.8) is 0 Å². The first kappa shape index (κ1) is 39.9. The number of nitrogens with zero attached hydrogens (tertiary/aromatic N) is 1. The zero-order valence-electron chi connectivity index (χ0n) is 27.4. The van der Waals surface area contributed by atoms with Crippen LogP contribution in [0.5, 0.6) is 0 Å². The lowest BCUT2D eigenvalue weighted by Crippen LogP contribution is -2.45. The Morgan fingerprint density at radius 2 is 0.951 bits per heavy atom. The van der Waals surface area contributed by atoms with E-state index in [1.54, 1.807) is 0 Å². The molecular formula is C35H70N2O4. The minimum absolute atomic E-state index is 0.000249. The molecule has 0 fully saturated rings. The molecule has 1 unspecified atom stereocenters. The Morgan fingerprint density at radius 1 is 0.585 bits per heavy atom. The van der Waals surface area contributed by atoms with Gasteiger partial charge in [0.15, 0.2) is 0 Å². The van der Waals surface area contributed by atoms with Gasteiger partial charge in [-0.15, -0.1) is 0 Å². The summed E-state index contributed by atoms with van der Waals surface area (Å²) in [5, 5.41) is 22.1. The fourth-order valence-electron chi connectivity index (χ4n) is 5.44. The van der Waals surface area contributed by atoms with E-state index in [9.17, 15) is 19.8 Å². The van der Waals surface area contributed by atoms with E-state index in [4.69, 9.17) is 0 Å². The Bertz CT molecular complexity index is 572. The third-order valence-electron chi connectivity index (χ3n) is 8.18. The summed E-state index contributed by atoms with van der Waals surface area (Å²) in [5.41, 5.74) is 0. The number of carbonyl (C=O) groups is 2. The molecule has 0 rings (SSSR count). The van der Waals surface area contributed by atoms with Gasteiger partial charge < -0.3 is 20.4 Å². The van der Waals surface area contributed by atoms with Gasteiger partial charge in [-0.25, -0.2) is 0 Å². The minimum atomic E-state index is -1.02. The summed E-state index contributed by atoms with van der Waals surface area (Å²) < 4.78 is 0. The number of aliphatic hydroxyl groups is 2. The van der Waals surface area contributed by atoms with Crippen LogP contribution in [0.2, 0.25) is 0 Å². The van der Waals surface area contributed by atoms with Crippen molar-refractivity contribution in [3.8, 4) is 0 Å². The first-order chi connectivity index (χ1) is 20.0.